The van der Waals surface area contributed by atoms with Crippen molar-refractivity contribution in [1.29, 1.82) is 0 Å². The van der Waals surface area contributed by atoms with Crippen LogP contribution in [0.3, 0.4) is 0 Å². The van der Waals surface area contributed by atoms with E-state index in [1.807, 2.05) is 26.0 Å². The van der Waals surface area contributed by atoms with Crippen LogP contribution in [-0.2, 0) is 7.05 Å². The molecule has 1 atom stereocenters. The van der Waals surface area contributed by atoms with Gasteiger partial charge in [0.2, 0.25) is 0 Å². The summed E-state index contributed by atoms with van der Waals surface area (Å²) < 4.78 is 1.38. The van der Waals surface area contributed by atoms with E-state index in [9.17, 15) is 4.79 Å². The molecule has 112 valence electrons. The first kappa shape index (κ1) is 15.4. The van der Waals surface area contributed by atoms with Crippen molar-refractivity contribution in [3.05, 3.63) is 62.6 Å². The third-order valence-corrected chi connectivity index (χ3v) is 3.81. The van der Waals surface area contributed by atoms with Crippen LogP contribution in [0.1, 0.15) is 53.8 Å². The largest absolute Gasteiger partial charge is 0.320 e. The molecule has 0 radical (unpaired) electrons. The van der Waals surface area contributed by atoms with Crippen molar-refractivity contribution in [3.63, 3.8) is 0 Å². The van der Waals surface area contributed by atoms with Gasteiger partial charge in [0.1, 0.15) is 0 Å². The average molecular weight is 285 g/mol. The van der Waals surface area contributed by atoms with Crippen LogP contribution in [0.2, 0.25) is 0 Å². The lowest BCUT2D eigenvalue weighted by Crippen LogP contribution is -2.30. The van der Waals surface area contributed by atoms with Crippen LogP contribution in [0.15, 0.2) is 29.1 Å². The molecule has 0 aliphatic heterocycles. The molecule has 1 aromatic carbocycles. The fourth-order valence-corrected chi connectivity index (χ4v) is 2.42. The third kappa shape index (κ3) is 3.05. The lowest BCUT2D eigenvalue weighted by molar-refractivity contribution is 0.633. The van der Waals surface area contributed by atoms with Gasteiger partial charge in [-0.2, -0.15) is 5.10 Å². The number of nitrogens with two attached hydrogens (primary N) is 1. The highest BCUT2D eigenvalue weighted by Crippen LogP contribution is 2.23. The molecule has 2 aromatic rings. The van der Waals surface area contributed by atoms with E-state index in [0.29, 0.717) is 5.56 Å². The summed E-state index contributed by atoms with van der Waals surface area (Å²) in [7, 11) is 1.67. The number of aromatic nitrogens is 2. The predicted molar refractivity (Wildman–Crippen MR) is 85.5 cm³/mol. The minimum absolute atomic E-state index is 0.132. The van der Waals surface area contributed by atoms with Crippen LogP contribution in [-0.4, -0.2) is 9.78 Å². The Bertz CT molecular complexity index is 716. The van der Waals surface area contributed by atoms with Gasteiger partial charge >= 0.3 is 0 Å². The van der Waals surface area contributed by atoms with E-state index in [1.54, 1.807) is 7.05 Å². The standard InChI is InChI=1S/C17H23N3O/c1-10(2)15-9-14(17(21)20(5)19-15)16(18)13-8-11(3)6-7-12(13)4/h6-10,16H,18H2,1-5H3. The van der Waals surface area contributed by atoms with Crippen molar-refractivity contribution < 1.29 is 0 Å². The van der Waals surface area contributed by atoms with Gasteiger partial charge in [-0.15, -0.1) is 0 Å². The SMILES string of the molecule is Cc1ccc(C)c(C(N)c2cc(C(C)C)nn(C)c2=O)c1. The highest BCUT2D eigenvalue weighted by atomic mass is 16.1. The summed E-state index contributed by atoms with van der Waals surface area (Å²) >= 11 is 0. The molecule has 1 unspecified atom stereocenters. The topological polar surface area (TPSA) is 60.9 Å². The Morgan fingerprint density at radius 1 is 1.14 bits per heavy atom. The Morgan fingerprint density at radius 2 is 1.81 bits per heavy atom. The summed E-state index contributed by atoms with van der Waals surface area (Å²) in [6.07, 6.45) is 0. The fourth-order valence-electron chi connectivity index (χ4n) is 2.42. The van der Waals surface area contributed by atoms with Gasteiger partial charge in [-0.1, -0.05) is 37.6 Å². The van der Waals surface area contributed by atoms with E-state index in [-0.39, 0.29) is 11.5 Å². The Hall–Kier alpha value is -1.94. The second-order valence-corrected chi connectivity index (χ2v) is 5.95. The van der Waals surface area contributed by atoms with Gasteiger partial charge < -0.3 is 5.73 Å². The molecule has 21 heavy (non-hydrogen) atoms. The molecule has 0 saturated carbocycles. The van der Waals surface area contributed by atoms with Gasteiger partial charge in [-0.05, 0) is 37.0 Å². The number of nitrogens with zero attached hydrogens (tertiary/aromatic N) is 2. The summed E-state index contributed by atoms with van der Waals surface area (Å²) in [6.45, 7) is 8.16. The Morgan fingerprint density at radius 3 is 2.43 bits per heavy atom. The molecule has 0 bridgehead atoms. The zero-order chi connectivity index (χ0) is 15.7. The zero-order valence-electron chi connectivity index (χ0n) is 13.3. The summed E-state index contributed by atoms with van der Waals surface area (Å²) in [6, 6.07) is 7.56. The number of benzene rings is 1. The lowest BCUT2D eigenvalue weighted by Gasteiger charge is -2.17. The maximum atomic E-state index is 12.4. The first-order chi connectivity index (χ1) is 9.81. The number of hydrogen-bond acceptors (Lipinski definition) is 3. The van der Waals surface area contributed by atoms with Crippen molar-refractivity contribution in [2.75, 3.05) is 0 Å². The van der Waals surface area contributed by atoms with Crippen molar-refractivity contribution in [3.8, 4) is 0 Å². The van der Waals surface area contributed by atoms with Crippen LogP contribution in [0.5, 0.6) is 0 Å². The number of aryl methyl sites for hydroxylation is 3. The molecule has 0 spiro atoms. The van der Waals surface area contributed by atoms with Gasteiger partial charge in [-0.3, -0.25) is 4.79 Å². The van der Waals surface area contributed by atoms with E-state index in [0.717, 1.165) is 22.4 Å². The highest BCUT2D eigenvalue weighted by molar-refractivity contribution is 5.38. The van der Waals surface area contributed by atoms with Crippen LogP contribution in [0.4, 0.5) is 0 Å². The monoisotopic (exact) mass is 285 g/mol. The second kappa shape index (κ2) is 5.82. The van der Waals surface area contributed by atoms with Crippen molar-refractivity contribution >= 4 is 0 Å². The van der Waals surface area contributed by atoms with Gasteiger partial charge in [-0.25, -0.2) is 4.68 Å². The molecule has 1 aromatic heterocycles. The summed E-state index contributed by atoms with van der Waals surface area (Å²) in [5.74, 6) is 0.251. The fraction of sp³-hybridized carbons (Fsp3) is 0.412. The minimum atomic E-state index is -0.427. The molecule has 0 fully saturated rings. The van der Waals surface area contributed by atoms with Crippen LogP contribution < -0.4 is 11.3 Å². The van der Waals surface area contributed by atoms with Gasteiger partial charge in [0.25, 0.3) is 5.56 Å². The molecule has 2 N–H and O–H groups in total. The van der Waals surface area contributed by atoms with E-state index in [2.05, 4.69) is 31.1 Å². The Kier molecular flexibility index (Phi) is 4.28. The van der Waals surface area contributed by atoms with Crippen LogP contribution in [0.25, 0.3) is 0 Å². The number of hydrogen-bond donors (Lipinski definition) is 1. The molecular weight excluding hydrogens is 262 g/mol. The minimum Gasteiger partial charge on any atom is -0.320 e. The molecule has 0 aliphatic rings. The molecule has 1 heterocycles. The van der Waals surface area contributed by atoms with Crippen molar-refractivity contribution in [1.82, 2.24) is 9.78 Å². The Labute approximate surface area is 125 Å². The molecule has 0 aliphatic carbocycles. The van der Waals surface area contributed by atoms with Crippen molar-refractivity contribution in [2.45, 2.75) is 39.7 Å². The maximum absolute atomic E-state index is 12.4. The number of rotatable bonds is 3. The molecular formula is C17H23N3O. The van der Waals surface area contributed by atoms with E-state index in [4.69, 9.17) is 5.73 Å². The Balaban J connectivity index is 2.60. The zero-order valence-corrected chi connectivity index (χ0v) is 13.3. The molecule has 0 saturated heterocycles. The normalized spacial score (nSPS) is 12.7. The summed E-state index contributed by atoms with van der Waals surface area (Å²) in [5, 5.41) is 4.30. The predicted octanol–water partition coefficient (Wildman–Crippen LogP) is 2.57. The smallest absolute Gasteiger partial charge is 0.271 e. The van der Waals surface area contributed by atoms with Crippen LogP contribution in [0, 0.1) is 13.8 Å². The first-order valence-corrected chi connectivity index (χ1v) is 7.22. The quantitative estimate of drug-likeness (QED) is 0.942. The molecule has 4 heteroatoms. The summed E-state index contributed by atoms with van der Waals surface area (Å²) in [5.41, 5.74) is 11.0. The van der Waals surface area contributed by atoms with Gasteiger partial charge in [0.15, 0.2) is 0 Å². The molecule has 0 amide bonds. The molecule has 4 nitrogen and oxygen atoms in total. The van der Waals surface area contributed by atoms with Gasteiger partial charge in [0.05, 0.1) is 11.7 Å². The first-order valence-electron chi connectivity index (χ1n) is 7.22. The van der Waals surface area contributed by atoms with Crippen LogP contribution >= 0.6 is 0 Å². The highest BCUT2D eigenvalue weighted by Gasteiger charge is 2.18. The van der Waals surface area contributed by atoms with E-state index < -0.39 is 6.04 Å². The second-order valence-electron chi connectivity index (χ2n) is 5.95. The summed E-state index contributed by atoms with van der Waals surface area (Å²) in [4.78, 5) is 12.4. The van der Waals surface area contributed by atoms with Gasteiger partial charge in [0, 0.05) is 12.6 Å². The third-order valence-electron chi connectivity index (χ3n) is 3.81. The van der Waals surface area contributed by atoms with Crippen molar-refractivity contribution in [2.24, 2.45) is 12.8 Å². The lowest BCUT2D eigenvalue weighted by atomic mass is 9.94. The van der Waals surface area contributed by atoms with E-state index >= 15 is 0 Å². The maximum Gasteiger partial charge on any atom is 0.271 e. The van der Waals surface area contributed by atoms with E-state index in [1.165, 1.54) is 4.68 Å². The molecule has 2 rings (SSSR count). The average Bonchev–Trinajstić information content (AvgIpc) is 2.43.